The van der Waals surface area contributed by atoms with Crippen molar-refractivity contribution in [2.75, 3.05) is 5.32 Å². The summed E-state index contributed by atoms with van der Waals surface area (Å²) in [6.07, 6.45) is 1.46. The third kappa shape index (κ3) is 2.98. The summed E-state index contributed by atoms with van der Waals surface area (Å²) in [6.45, 7) is 2.13. The number of carbonyl (C=O) groups is 1. The third-order valence-electron chi connectivity index (χ3n) is 4.74. The normalized spacial score (nSPS) is 16.4. The van der Waals surface area contributed by atoms with Crippen LogP contribution in [0.15, 0.2) is 53.9 Å². The van der Waals surface area contributed by atoms with Crippen LogP contribution in [0.2, 0.25) is 0 Å². The van der Waals surface area contributed by atoms with Crippen LogP contribution in [0.3, 0.4) is 0 Å². The first kappa shape index (κ1) is 16.0. The number of aryl methyl sites for hydroxylation is 1. The van der Waals surface area contributed by atoms with Gasteiger partial charge in [-0.05, 0) is 35.2 Å². The first-order valence-corrected chi connectivity index (χ1v) is 9.29. The first-order valence-electron chi connectivity index (χ1n) is 8.41. The Morgan fingerprint density at radius 2 is 1.84 bits per heavy atom. The van der Waals surface area contributed by atoms with Crippen LogP contribution in [0.5, 0.6) is 0 Å². The second-order valence-corrected chi connectivity index (χ2v) is 7.21. The molecule has 4 rings (SSSR count). The number of nitrogens with one attached hydrogen (secondary N) is 1. The Morgan fingerprint density at radius 3 is 2.52 bits per heavy atom. The van der Waals surface area contributed by atoms with Crippen LogP contribution in [-0.2, 0) is 11.2 Å². The second kappa shape index (κ2) is 6.45. The zero-order chi connectivity index (χ0) is 17.4. The van der Waals surface area contributed by atoms with E-state index in [1.165, 1.54) is 28.1 Å². The van der Waals surface area contributed by atoms with Gasteiger partial charge in [-0.2, -0.15) is 0 Å². The molecule has 25 heavy (non-hydrogen) atoms. The van der Waals surface area contributed by atoms with Crippen molar-refractivity contribution in [1.29, 1.82) is 0 Å². The minimum Gasteiger partial charge on any atom is -0.325 e. The fourth-order valence-electron chi connectivity index (χ4n) is 3.32. The number of benzene rings is 2. The molecule has 2 aromatic carbocycles. The second-order valence-electron chi connectivity index (χ2n) is 6.30. The van der Waals surface area contributed by atoms with E-state index in [1.807, 2.05) is 0 Å². The van der Waals surface area contributed by atoms with Crippen LogP contribution in [0.1, 0.15) is 35.3 Å². The molecule has 0 saturated heterocycles. The summed E-state index contributed by atoms with van der Waals surface area (Å²) in [4.78, 5) is 13.5. The van der Waals surface area contributed by atoms with Crippen molar-refractivity contribution in [3.8, 4) is 11.1 Å². The topological polar surface area (TPSA) is 29.1 Å². The monoisotopic (exact) mass is 351 g/mol. The molecule has 0 bridgehead atoms. The molecule has 4 heteroatoms. The molecule has 0 fully saturated rings. The Labute approximate surface area is 150 Å². The number of hydrogen-bond donors (Lipinski definition) is 1. The molecular weight excluding hydrogens is 333 g/mol. The van der Waals surface area contributed by atoms with Crippen LogP contribution < -0.4 is 5.32 Å². The lowest BCUT2D eigenvalue weighted by atomic mass is 9.88. The summed E-state index contributed by atoms with van der Waals surface area (Å²) < 4.78 is 13.2. The highest BCUT2D eigenvalue weighted by atomic mass is 32.1. The van der Waals surface area contributed by atoms with Crippen LogP contribution in [0.25, 0.3) is 11.1 Å². The van der Waals surface area contributed by atoms with Crippen molar-refractivity contribution >= 4 is 22.9 Å². The van der Waals surface area contributed by atoms with Gasteiger partial charge in [0, 0.05) is 28.2 Å². The Balaban J connectivity index is 1.76. The van der Waals surface area contributed by atoms with E-state index in [-0.39, 0.29) is 17.6 Å². The predicted octanol–water partition coefficient (Wildman–Crippen LogP) is 5.59. The third-order valence-corrected chi connectivity index (χ3v) is 5.83. The molecule has 1 aliphatic heterocycles. The molecule has 1 N–H and O–H groups in total. The molecule has 2 nitrogen and oxygen atoms in total. The minimum atomic E-state index is -0.259. The molecule has 2 heterocycles. The molecule has 1 amide bonds. The Kier molecular flexibility index (Phi) is 4.14. The van der Waals surface area contributed by atoms with Crippen molar-refractivity contribution in [3.63, 3.8) is 0 Å². The van der Waals surface area contributed by atoms with E-state index < -0.39 is 0 Å². The van der Waals surface area contributed by atoms with E-state index >= 15 is 0 Å². The maximum absolute atomic E-state index is 13.2. The number of carbonyl (C=O) groups excluding carboxylic acids is 1. The van der Waals surface area contributed by atoms with Crippen molar-refractivity contribution in [2.24, 2.45) is 0 Å². The zero-order valence-corrected chi connectivity index (χ0v) is 14.7. The summed E-state index contributed by atoms with van der Waals surface area (Å²) >= 11 is 1.66. The molecule has 0 aliphatic carbocycles. The van der Waals surface area contributed by atoms with Crippen molar-refractivity contribution in [2.45, 2.75) is 25.7 Å². The number of thiophene rings is 1. The summed E-state index contributed by atoms with van der Waals surface area (Å²) in [5.74, 6) is -0.154. The quantitative estimate of drug-likeness (QED) is 0.655. The number of rotatable bonds is 3. The maximum atomic E-state index is 13.2. The Hall–Kier alpha value is -2.46. The molecule has 1 aromatic heterocycles. The van der Waals surface area contributed by atoms with E-state index in [0.717, 1.165) is 23.2 Å². The molecule has 126 valence electrons. The van der Waals surface area contributed by atoms with Crippen molar-refractivity contribution in [3.05, 3.63) is 75.7 Å². The van der Waals surface area contributed by atoms with E-state index in [0.29, 0.717) is 6.42 Å². The summed E-state index contributed by atoms with van der Waals surface area (Å²) in [5, 5.41) is 5.07. The fourth-order valence-corrected chi connectivity index (χ4v) is 4.48. The van der Waals surface area contributed by atoms with Gasteiger partial charge in [0.2, 0.25) is 5.91 Å². The van der Waals surface area contributed by atoms with Crippen LogP contribution in [-0.4, -0.2) is 5.91 Å². The summed E-state index contributed by atoms with van der Waals surface area (Å²) in [7, 11) is 0. The van der Waals surface area contributed by atoms with Gasteiger partial charge >= 0.3 is 0 Å². The summed E-state index contributed by atoms with van der Waals surface area (Å²) in [5.41, 5.74) is 5.21. The van der Waals surface area contributed by atoms with Crippen molar-refractivity contribution < 1.29 is 9.18 Å². The van der Waals surface area contributed by atoms with Gasteiger partial charge in [0.25, 0.3) is 0 Å². The lowest BCUT2D eigenvalue weighted by Crippen LogP contribution is -2.22. The highest BCUT2D eigenvalue weighted by Gasteiger charge is 2.30. The van der Waals surface area contributed by atoms with Gasteiger partial charge in [-0.25, -0.2) is 4.39 Å². The Morgan fingerprint density at radius 1 is 1.12 bits per heavy atom. The molecule has 0 radical (unpaired) electrons. The molecule has 0 saturated carbocycles. The summed E-state index contributed by atoms with van der Waals surface area (Å²) in [6, 6.07) is 14.9. The van der Waals surface area contributed by atoms with Gasteiger partial charge in [0.1, 0.15) is 5.82 Å². The van der Waals surface area contributed by atoms with Crippen LogP contribution in [0, 0.1) is 5.82 Å². The number of amides is 1. The van der Waals surface area contributed by atoms with Crippen LogP contribution in [0.4, 0.5) is 10.1 Å². The highest BCUT2D eigenvalue weighted by Crippen LogP contribution is 2.46. The Bertz CT molecular complexity index is 912. The van der Waals surface area contributed by atoms with Crippen LogP contribution >= 0.6 is 11.3 Å². The smallest absolute Gasteiger partial charge is 0.225 e. The fraction of sp³-hybridized carbons (Fsp3) is 0.190. The van der Waals surface area contributed by atoms with E-state index in [1.54, 1.807) is 23.5 Å². The highest BCUT2D eigenvalue weighted by molar-refractivity contribution is 7.11. The minimum absolute atomic E-state index is 0.0267. The molecule has 1 atom stereocenters. The number of halogens is 1. The van der Waals surface area contributed by atoms with Gasteiger partial charge in [-0.3, -0.25) is 4.79 Å². The molecule has 0 spiro atoms. The molecule has 3 aromatic rings. The van der Waals surface area contributed by atoms with Gasteiger partial charge in [-0.1, -0.05) is 43.3 Å². The molecule has 0 unspecified atom stereocenters. The molecule has 1 aliphatic rings. The van der Waals surface area contributed by atoms with E-state index in [4.69, 9.17) is 0 Å². The van der Waals surface area contributed by atoms with E-state index in [2.05, 4.69) is 41.9 Å². The van der Waals surface area contributed by atoms with Gasteiger partial charge in [-0.15, -0.1) is 11.3 Å². The SMILES string of the molecule is CCc1ccc([C@H]2CC(=O)Nc3c(-c4ccc(F)cc4)csc32)cc1. The first-order chi connectivity index (χ1) is 12.2. The zero-order valence-electron chi connectivity index (χ0n) is 13.9. The number of fused-ring (bicyclic) bond motifs is 1. The van der Waals surface area contributed by atoms with Gasteiger partial charge < -0.3 is 5.32 Å². The lowest BCUT2D eigenvalue weighted by Gasteiger charge is -2.24. The number of anilines is 1. The van der Waals surface area contributed by atoms with Gasteiger partial charge in [0.15, 0.2) is 0 Å². The molecular formula is C21H18FNOS. The average Bonchev–Trinajstić information content (AvgIpc) is 3.05. The standard InChI is InChI=1S/C21H18FNOS/c1-2-13-3-5-14(6-4-13)17-11-19(24)23-20-18(12-25-21(17)20)15-7-9-16(22)10-8-15/h3-10,12,17H,2,11H2,1H3,(H,23,24)/t17-/m1/s1. The van der Waals surface area contributed by atoms with Crippen molar-refractivity contribution in [1.82, 2.24) is 0 Å². The van der Waals surface area contributed by atoms with Gasteiger partial charge in [0.05, 0.1) is 5.69 Å². The maximum Gasteiger partial charge on any atom is 0.225 e. The van der Waals surface area contributed by atoms with E-state index in [9.17, 15) is 9.18 Å². The number of hydrogen-bond acceptors (Lipinski definition) is 2. The largest absolute Gasteiger partial charge is 0.325 e. The average molecular weight is 351 g/mol. The predicted molar refractivity (Wildman–Crippen MR) is 101 cm³/mol. The lowest BCUT2D eigenvalue weighted by molar-refractivity contribution is -0.116.